The van der Waals surface area contributed by atoms with Gasteiger partial charge in [-0.3, -0.25) is 9.48 Å². The summed E-state index contributed by atoms with van der Waals surface area (Å²) in [6, 6.07) is 7.67. The second kappa shape index (κ2) is 6.85. The van der Waals surface area contributed by atoms with Crippen LogP contribution in [0.5, 0.6) is 0 Å². The Bertz CT molecular complexity index is 1090. The molecule has 0 aliphatic carbocycles. The molecule has 0 radical (unpaired) electrons. The van der Waals surface area contributed by atoms with Gasteiger partial charge < -0.3 is 5.32 Å². The van der Waals surface area contributed by atoms with Crippen LogP contribution in [0, 0.1) is 6.92 Å². The SMILES string of the molecule is CCNS(=O)(=O)c1cccc(C(=O)Nc2cnc3c(c2)c(C)nn3C)c1. The van der Waals surface area contributed by atoms with Gasteiger partial charge in [0.15, 0.2) is 5.65 Å². The monoisotopic (exact) mass is 373 g/mol. The van der Waals surface area contributed by atoms with Gasteiger partial charge in [0.25, 0.3) is 5.91 Å². The van der Waals surface area contributed by atoms with E-state index in [9.17, 15) is 13.2 Å². The third-order valence-electron chi connectivity index (χ3n) is 3.86. The molecule has 8 nitrogen and oxygen atoms in total. The minimum atomic E-state index is -3.62. The van der Waals surface area contributed by atoms with Crippen LogP contribution in [0.1, 0.15) is 23.0 Å². The number of anilines is 1. The number of benzene rings is 1. The van der Waals surface area contributed by atoms with Gasteiger partial charge in [0, 0.05) is 24.5 Å². The zero-order chi connectivity index (χ0) is 18.9. The number of sulfonamides is 1. The number of nitrogens with zero attached hydrogens (tertiary/aromatic N) is 3. The molecule has 0 bridgehead atoms. The van der Waals surface area contributed by atoms with Crippen molar-refractivity contribution in [3.63, 3.8) is 0 Å². The summed E-state index contributed by atoms with van der Waals surface area (Å²) in [6.07, 6.45) is 1.54. The van der Waals surface area contributed by atoms with E-state index in [4.69, 9.17) is 0 Å². The number of amides is 1. The van der Waals surface area contributed by atoms with E-state index in [0.29, 0.717) is 5.69 Å². The van der Waals surface area contributed by atoms with Crippen molar-refractivity contribution in [3.05, 3.63) is 47.8 Å². The Morgan fingerprint density at radius 3 is 2.77 bits per heavy atom. The fourth-order valence-corrected chi connectivity index (χ4v) is 3.74. The number of hydrogen-bond acceptors (Lipinski definition) is 5. The summed E-state index contributed by atoms with van der Waals surface area (Å²) >= 11 is 0. The van der Waals surface area contributed by atoms with Gasteiger partial charge in [-0.1, -0.05) is 13.0 Å². The third kappa shape index (κ3) is 3.44. The maximum atomic E-state index is 12.5. The summed E-state index contributed by atoms with van der Waals surface area (Å²) < 4.78 is 28.3. The Hall–Kier alpha value is -2.78. The van der Waals surface area contributed by atoms with Crippen LogP contribution in [0.15, 0.2) is 41.4 Å². The van der Waals surface area contributed by atoms with Crippen molar-refractivity contribution in [1.29, 1.82) is 0 Å². The molecule has 0 saturated heterocycles. The van der Waals surface area contributed by atoms with Crippen molar-refractivity contribution >= 4 is 32.7 Å². The van der Waals surface area contributed by atoms with Crippen LogP contribution < -0.4 is 10.0 Å². The van der Waals surface area contributed by atoms with Crippen molar-refractivity contribution in [2.24, 2.45) is 7.05 Å². The zero-order valence-electron chi connectivity index (χ0n) is 14.6. The van der Waals surface area contributed by atoms with Gasteiger partial charge in [0.2, 0.25) is 10.0 Å². The highest BCUT2D eigenvalue weighted by atomic mass is 32.2. The van der Waals surface area contributed by atoms with Gasteiger partial charge in [0.1, 0.15) is 0 Å². The van der Waals surface area contributed by atoms with Crippen molar-refractivity contribution < 1.29 is 13.2 Å². The minimum Gasteiger partial charge on any atom is -0.321 e. The molecule has 9 heteroatoms. The first-order valence-electron chi connectivity index (χ1n) is 8.02. The summed E-state index contributed by atoms with van der Waals surface area (Å²) in [5, 5.41) is 7.88. The second-order valence-electron chi connectivity index (χ2n) is 5.79. The minimum absolute atomic E-state index is 0.0451. The molecule has 0 unspecified atom stereocenters. The van der Waals surface area contributed by atoms with E-state index < -0.39 is 15.9 Å². The molecule has 1 amide bonds. The van der Waals surface area contributed by atoms with Crippen molar-refractivity contribution in [3.8, 4) is 0 Å². The quantitative estimate of drug-likeness (QED) is 0.710. The lowest BCUT2D eigenvalue weighted by Gasteiger charge is -2.08. The second-order valence-corrected chi connectivity index (χ2v) is 7.55. The zero-order valence-corrected chi connectivity index (χ0v) is 15.5. The predicted molar refractivity (Wildman–Crippen MR) is 98.5 cm³/mol. The molecule has 0 fully saturated rings. The lowest BCUT2D eigenvalue weighted by molar-refractivity contribution is 0.102. The Morgan fingerprint density at radius 2 is 2.04 bits per heavy atom. The molecule has 0 spiro atoms. The fraction of sp³-hybridized carbons (Fsp3) is 0.235. The number of pyridine rings is 1. The topological polar surface area (TPSA) is 106 Å². The normalized spacial score (nSPS) is 11.7. The van der Waals surface area contributed by atoms with Crippen LogP contribution in [0.2, 0.25) is 0 Å². The van der Waals surface area contributed by atoms with Crippen molar-refractivity contribution in [2.75, 3.05) is 11.9 Å². The third-order valence-corrected chi connectivity index (χ3v) is 5.40. The van der Waals surface area contributed by atoms with E-state index in [2.05, 4.69) is 20.1 Å². The van der Waals surface area contributed by atoms with Gasteiger partial charge in [-0.15, -0.1) is 0 Å². The number of nitrogens with one attached hydrogen (secondary N) is 2. The van der Waals surface area contributed by atoms with E-state index in [1.54, 1.807) is 37.0 Å². The molecular formula is C17H19N5O3S. The van der Waals surface area contributed by atoms with Crippen molar-refractivity contribution in [2.45, 2.75) is 18.7 Å². The van der Waals surface area contributed by atoms with E-state index in [0.717, 1.165) is 16.7 Å². The van der Waals surface area contributed by atoms with Gasteiger partial charge in [-0.2, -0.15) is 5.10 Å². The van der Waals surface area contributed by atoms with Crippen LogP contribution >= 0.6 is 0 Å². The largest absolute Gasteiger partial charge is 0.321 e. The van der Waals surface area contributed by atoms with Gasteiger partial charge in [0.05, 0.1) is 22.5 Å². The Labute approximate surface area is 151 Å². The van der Waals surface area contributed by atoms with E-state index in [-0.39, 0.29) is 17.0 Å². The number of carbonyl (C=O) groups excluding carboxylic acids is 1. The number of carbonyl (C=O) groups is 1. The molecule has 0 aliphatic rings. The van der Waals surface area contributed by atoms with Crippen LogP contribution in [0.4, 0.5) is 5.69 Å². The van der Waals surface area contributed by atoms with Crippen LogP contribution in [0.3, 0.4) is 0 Å². The maximum Gasteiger partial charge on any atom is 0.255 e. The molecule has 2 aromatic heterocycles. The molecule has 2 N–H and O–H groups in total. The first-order valence-corrected chi connectivity index (χ1v) is 9.50. The highest BCUT2D eigenvalue weighted by Gasteiger charge is 2.16. The maximum absolute atomic E-state index is 12.5. The summed E-state index contributed by atoms with van der Waals surface area (Å²) in [5.74, 6) is -0.416. The summed E-state index contributed by atoms with van der Waals surface area (Å²) in [7, 11) is -1.82. The van der Waals surface area contributed by atoms with E-state index in [1.807, 2.05) is 6.92 Å². The lowest BCUT2D eigenvalue weighted by atomic mass is 10.2. The number of aromatic nitrogens is 3. The Kier molecular flexibility index (Phi) is 4.75. The Morgan fingerprint density at radius 1 is 1.27 bits per heavy atom. The fourth-order valence-electron chi connectivity index (χ4n) is 2.66. The van der Waals surface area contributed by atoms with Gasteiger partial charge in [-0.25, -0.2) is 18.1 Å². The molecule has 3 aromatic rings. The summed E-state index contributed by atoms with van der Waals surface area (Å²) in [4.78, 5) is 16.9. The van der Waals surface area contributed by atoms with E-state index >= 15 is 0 Å². The highest BCUT2D eigenvalue weighted by molar-refractivity contribution is 7.89. The summed E-state index contributed by atoms with van der Waals surface area (Å²) in [6.45, 7) is 3.83. The highest BCUT2D eigenvalue weighted by Crippen LogP contribution is 2.20. The predicted octanol–water partition coefficient (Wildman–Crippen LogP) is 1.83. The van der Waals surface area contributed by atoms with Crippen molar-refractivity contribution in [1.82, 2.24) is 19.5 Å². The van der Waals surface area contributed by atoms with Crippen LogP contribution in [0.25, 0.3) is 11.0 Å². The number of hydrogen-bond donors (Lipinski definition) is 2. The number of aryl methyl sites for hydroxylation is 2. The smallest absolute Gasteiger partial charge is 0.255 e. The molecule has 0 saturated carbocycles. The molecule has 136 valence electrons. The molecule has 0 atom stereocenters. The van der Waals surface area contributed by atoms with Crippen LogP contribution in [-0.4, -0.2) is 35.6 Å². The molecule has 2 heterocycles. The molecule has 26 heavy (non-hydrogen) atoms. The lowest BCUT2D eigenvalue weighted by Crippen LogP contribution is -2.23. The standard InChI is InChI=1S/C17H19N5O3S/c1-4-19-26(24,25)14-7-5-6-12(8-14)17(23)20-13-9-15-11(2)21-22(3)16(15)18-10-13/h5-10,19H,4H2,1-3H3,(H,20,23). The molecule has 3 rings (SSSR count). The summed E-state index contributed by atoms with van der Waals surface area (Å²) in [5.41, 5.74) is 2.29. The van der Waals surface area contributed by atoms with E-state index in [1.165, 1.54) is 18.2 Å². The number of rotatable bonds is 5. The van der Waals surface area contributed by atoms with Crippen LogP contribution in [-0.2, 0) is 17.1 Å². The first kappa shape index (κ1) is 18.0. The molecular weight excluding hydrogens is 354 g/mol. The number of fused-ring (bicyclic) bond motifs is 1. The van der Waals surface area contributed by atoms with Gasteiger partial charge in [-0.05, 0) is 31.2 Å². The Balaban J connectivity index is 1.88. The average Bonchev–Trinajstić information content (AvgIpc) is 2.89. The first-order chi connectivity index (χ1) is 12.3. The molecule has 0 aliphatic heterocycles. The van der Waals surface area contributed by atoms with Gasteiger partial charge >= 0.3 is 0 Å². The average molecular weight is 373 g/mol. The molecule has 1 aromatic carbocycles.